The van der Waals surface area contributed by atoms with Crippen molar-refractivity contribution in [2.75, 3.05) is 5.32 Å². The summed E-state index contributed by atoms with van der Waals surface area (Å²) in [6.45, 7) is 3.83. The number of carbonyl (C=O) groups excluding carboxylic acids is 2. The zero-order valence-corrected chi connectivity index (χ0v) is 15.2. The number of Topliss-reactive ketones (excluding diaryl/α,β-unsaturated/α-hetero) is 1. The first-order valence-corrected chi connectivity index (χ1v) is 8.61. The molecular weight excluding hydrogens is 340 g/mol. The van der Waals surface area contributed by atoms with Gasteiger partial charge in [0.15, 0.2) is 5.78 Å². The average molecular weight is 360 g/mol. The minimum Gasteiger partial charge on any atom is -0.321 e. The molecular formula is C22H20N2O3. The first-order chi connectivity index (χ1) is 12.9. The lowest BCUT2D eigenvalue weighted by Crippen LogP contribution is -2.23. The molecule has 5 heteroatoms. The van der Waals surface area contributed by atoms with Crippen molar-refractivity contribution in [1.29, 1.82) is 0 Å². The van der Waals surface area contributed by atoms with Gasteiger partial charge in [0.05, 0.1) is 17.8 Å². The van der Waals surface area contributed by atoms with Crippen LogP contribution in [0.15, 0.2) is 71.7 Å². The minimum absolute atomic E-state index is 0.129. The van der Waals surface area contributed by atoms with Crippen molar-refractivity contribution in [3.63, 3.8) is 0 Å². The molecule has 5 nitrogen and oxygen atoms in total. The van der Waals surface area contributed by atoms with Crippen LogP contribution in [0.3, 0.4) is 0 Å². The third kappa shape index (κ3) is 4.39. The summed E-state index contributed by atoms with van der Waals surface area (Å²) in [5.74, 6) is -0.503. The number of aryl methyl sites for hydroxylation is 1. The predicted octanol–water partition coefficient (Wildman–Crippen LogP) is 3.66. The Hall–Kier alpha value is -3.47. The first kappa shape index (κ1) is 18.3. The standard InChI is InChI=1S/C22H20N2O3/c1-15-7-9-17(10-8-15)13-24-14-18(11-12-21(24)26)22(27)23-20-6-4-3-5-19(20)16(2)25/h3-12,14H,13H2,1-2H3,(H,23,27). The zero-order chi connectivity index (χ0) is 19.4. The molecule has 0 spiro atoms. The van der Waals surface area contributed by atoms with Crippen molar-refractivity contribution in [2.45, 2.75) is 20.4 Å². The minimum atomic E-state index is -0.374. The number of anilines is 1. The van der Waals surface area contributed by atoms with Crippen molar-refractivity contribution in [3.05, 3.63) is 99.5 Å². The number of amides is 1. The van der Waals surface area contributed by atoms with Crippen molar-refractivity contribution in [1.82, 2.24) is 4.57 Å². The van der Waals surface area contributed by atoms with Gasteiger partial charge in [-0.2, -0.15) is 0 Å². The zero-order valence-electron chi connectivity index (χ0n) is 15.2. The molecule has 0 aliphatic carbocycles. The highest BCUT2D eigenvalue weighted by molar-refractivity contribution is 6.08. The maximum absolute atomic E-state index is 12.6. The molecule has 0 atom stereocenters. The van der Waals surface area contributed by atoms with Gasteiger partial charge in [0.2, 0.25) is 0 Å². The Morgan fingerprint density at radius 1 is 0.963 bits per heavy atom. The topological polar surface area (TPSA) is 68.2 Å². The summed E-state index contributed by atoms with van der Waals surface area (Å²) in [6.07, 6.45) is 1.54. The highest BCUT2D eigenvalue weighted by atomic mass is 16.2. The summed E-state index contributed by atoms with van der Waals surface area (Å²) in [6, 6.07) is 17.6. The fourth-order valence-electron chi connectivity index (χ4n) is 2.77. The van der Waals surface area contributed by atoms with Gasteiger partial charge in [-0.3, -0.25) is 14.4 Å². The number of hydrogen-bond acceptors (Lipinski definition) is 3. The van der Waals surface area contributed by atoms with E-state index >= 15 is 0 Å². The monoisotopic (exact) mass is 360 g/mol. The molecule has 1 heterocycles. The van der Waals surface area contributed by atoms with E-state index in [0.717, 1.165) is 11.1 Å². The number of pyridine rings is 1. The number of aromatic nitrogens is 1. The molecule has 3 rings (SSSR count). The maximum atomic E-state index is 12.6. The molecule has 0 bridgehead atoms. The van der Waals surface area contributed by atoms with Crippen LogP contribution in [0.5, 0.6) is 0 Å². The van der Waals surface area contributed by atoms with Gasteiger partial charge in [0.1, 0.15) is 0 Å². The highest BCUT2D eigenvalue weighted by Crippen LogP contribution is 2.16. The highest BCUT2D eigenvalue weighted by Gasteiger charge is 2.12. The summed E-state index contributed by atoms with van der Waals surface area (Å²) in [5.41, 5.74) is 3.17. The Kier molecular flexibility index (Phi) is 5.31. The number of ketones is 1. The van der Waals surface area contributed by atoms with E-state index in [0.29, 0.717) is 23.4 Å². The van der Waals surface area contributed by atoms with E-state index in [1.165, 1.54) is 29.8 Å². The van der Waals surface area contributed by atoms with Crippen molar-refractivity contribution >= 4 is 17.4 Å². The van der Waals surface area contributed by atoms with Crippen LogP contribution >= 0.6 is 0 Å². The lowest BCUT2D eigenvalue weighted by molar-refractivity contribution is 0.101. The first-order valence-electron chi connectivity index (χ1n) is 8.61. The maximum Gasteiger partial charge on any atom is 0.257 e. The van der Waals surface area contributed by atoms with Gasteiger partial charge in [-0.15, -0.1) is 0 Å². The number of para-hydroxylation sites is 1. The Morgan fingerprint density at radius 2 is 1.67 bits per heavy atom. The molecule has 1 aromatic heterocycles. The number of benzene rings is 2. The lowest BCUT2D eigenvalue weighted by atomic mass is 10.1. The molecule has 0 saturated carbocycles. The second kappa shape index (κ2) is 7.83. The van der Waals surface area contributed by atoms with Gasteiger partial charge in [-0.25, -0.2) is 0 Å². The quantitative estimate of drug-likeness (QED) is 0.706. The number of nitrogens with one attached hydrogen (secondary N) is 1. The largest absolute Gasteiger partial charge is 0.321 e. The van der Waals surface area contributed by atoms with Crippen molar-refractivity contribution in [2.24, 2.45) is 0 Å². The number of hydrogen-bond donors (Lipinski definition) is 1. The van der Waals surface area contributed by atoms with Gasteiger partial charge < -0.3 is 9.88 Å². The van der Waals surface area contributed by atoms with E-state index in [-0.39, 0.29) is 17.2 Å². The smallest absolute Gasteiger partial charge is 0.257 e. The summed E-state index contributed by atoms with van der Waals surface area (Å²) in [4.78, 5) is 36.5. The average Bonchev–Trinajstić information content (AvgIpc) is 2.65. The Balaban J connectivity index is 1.85. The Morgan fingerprint density at radius 3 is 2.37 bits per heavy atom. The van der Waals surface area contributed by atoms with Gasteiger partial charge in [0, 0.05) is 17.8 Å². The molecule has 1 amide bonds. The summed E-state index contributed by atoms with van der Waals surface area (Å²) in [7, 11) is 0. The summed E-state index contributed by atoms with van der Waals surface area (Å²) < 4.78 is 1.50. The molecule has 0 saturated heterocycles. The van der Waals surface area contributed by atoms with Crippen LogP contribution in [0.1, 0.15) is 38.8 Å². The predicted molar refractivity (Wildman–Crippen MR) is 105 cm³/mol. The van der Waals surface area contributed by atoms with E-state index in [1.54, 1.807) is 24.3 Å². The number of nitrogens with zero attached hydrogens (tertiary/aromatic N) is 1. The third-order valence-corrected chi connectivity index (χ3v) is 4.27. The Bertz CT molecular complexity index is 1050. The molecule has 3 aromatic rings. The second-order valence-electron chi connectivity index (χ2n) is 6.43. The number of carbonyl (C=O) groups is 2. The fourth-order valence-corrected chi connectivity index (χ4v) is 2.77. The van der Waals surface area contributed by atoms with Gasteiger partial charge in [-0.05, 0) is 37.6 Å². The van der Waals surface area contributed by atoms with Crippen molar-refractivity contribution in [3.8, 4) is 0 Å². The molecule has 0 aliphatic heterocycles. The van der Waals surface area contributed by atoms with Crippen LogP contribution in [0.25, 0.3) is 0 Å². The number of rotatable bonds is 5. The van der Waals surface area contributed by atoms with Crippen molar-refractivity contribution < 1.29 is 9.59 Å². The molecule has 27 heavy (non-hydrogen) atoms. The normalized spacial score (nSPS) is 10.4. The van der Waals surface area contributed by atoms with Gasteiger partial charge in [0.25, 0.3) is 11.5 Å². The third-order valence-electron chi connectivity index (χ3n) is 4.27. The molecule has 0 radical (unpaired) electrons. The molecule has 136 valence electrons. The second-order valence-corrected chi connectivity index (χ2v) is 6.43. The molecule has 0 fully saturated rings. The SMILES string of the molecule is CC(=O)c1ccccc1NC(=O)c1ccc(=O)n(Cc2ccc(C)cc2)c1. The molecule has 1 N–H and O–H groups in total. The van der Waals surface area contributed by atoms with Crippen LogP contribution in [0.4, 0.5) is 5.69 Å². The molecule has 0 unspecified atom stereocenters. The summed E-state index contributed by atoms with van der Waals surface area (Å²) in [5, 5.41) is 2.75. The van der Waals surface area contributed by atoms with E-state index < -0.39 is 0 Å². The van der Waals surface area contributed by atoms with E-state index in [4.69, 9.17) is 0 Å². The molecule has 2 aromatic carbocycles. The van der Waals surface area contributed by atoms with Crippen LogP contribution in [-0.4, -0.2) is 16.3 Å². The van der Waals surface area contributed by atoms with Gasteiger partial charge >= 0.3 is 0 Å². The lowest BCUT2D eigenvalue weighted by Gasteiger charge is -2.11. The van der Waals surface area contributed by atoms with E-state index in [1.807, 2.05) is 31.2 Å². The Labute approximate surface area is 157 Å². The van der Waals surface area contributed by atoms with Gasteiger partial charge in [-0.1, -0.05) is 42.0 Å². The van der Waals surface area contributed by atoms with Crippen LogP contribution < -0.4 is 10.9 Å². The van der Waals surface area contributed by atoms with Crippen LogP contribution in [-0.2, 0) is 6.54 Å². The fraction of sp³-hybridized carbons (Fsp3) is 0.136. The van der Waals surface area contributed by atoms with Crippen LogP contribution in [0, 0.1) is 6.92 Å². The van der Waals surface area contributed by atoms with E-state index in [2.05, 4.69) is 5.32 Å². The molecule has 0 aliphatic rings. The summed E-state index contributed by atoms with van der Waals surface area (Å²) >= 11 is 0. The van der Waals surface area contributed by atoms with E-state index in [9.17, 15) is 14.4 Å². The van der Waals surface area contributed by atoms with Crippen LogP contribution in [0.2, 0.25) is 0 Å².